The number of para-hydroxylation sites is 5. The summed E-state index contributed by atoms with van der Waals surface area (Å²) in [5.74, 6) is 0. The van der Waals surface area contributed by atoms with E-state index in [1.54, 1.807) is 0 Å². The number of benzene rings is 9. The lowest BCUT2D eigenvalue weighted by molar-refractivity contribution is 1.18. The van der Waals surface area contributed by atoms with Gasteiger partial charge in [-0.25, -0.2) is 0 Å². The van der Waals surface area contributed by atoms with E-state index in [0.29, 0.717) is 0 Å². The minimum absolute atomic E-state index is 0.770. The molecule has 0 aliphatic carbocycles. The minimum Gasteiger partial charge on any atom is -0.398 e. The third-order valence-corrected chi connectivity index (χ3v) is 11.1. The second kappa shape index (κ2) is 11.5. The molecule has 0 atom stereocenters. The predicted molar refractivity (Wildman–Crippen MR) is 225 cm³/mol. The van der Waals surface area contributed by atoms with Crippen molar-refractivity contribution in [1.82, 2.24) is 9.13 Å². The van der Waals surface area contributed by atoms with Crippen LogP contribution in [0.25, 0.3) is 98.8 Å². The van der Waals surface area contributed by atoms with Crippen molar-refractivity contribution < 1.29 is 0 Å². The first kappa shape index (κ1) is 29.6. The Morgan fingerprint density at radius 2 is 0.642 bits per heavy atom. The lowest BCUT2D eigenvalue weighted by atomic mass is 9.89. The summed E-state index contributed by atoms with van der Waals surface area (Å²) in [5.41, 5.74) is 19.5. The quantitative estimate of drug-likeness (QED) is 0.185. The SMILES string of the molecule is Nc1c(-c2cc3c(c4ccccc24)c2ccccc2n3-c2ccccc2)cccc1-c1cc2c(c3ccccc13)c1ccccc1n2-c1ccccc1. The summed E-state index contributed by atoms with van der Waals surface area (Å²) in [6.45, 7) is 0. The molecule has 11 aromatic rings. The topological polar surface area (TPSA) is 35.9 Å². The molecule has 0 aliphatic rings. The van der Waals surface area contributed by atoms with Crippen LogP contribution in [-0.4, -0.2) is 9.13 Å². The molecule has 0 radical (unpaired) electrons. The van der Waals surface area contributed by atoms with Crippen LogP contribution in [0.15, 0.2) is 188 Å². The molecule has 0 saturated carbocycles. The highest BCUT2D eigenvalue weighted by Gasteiger charge is 2.22. The number of nitrogens with zero attached hydrogens (tertiary/aromatic N) is 2. The molecule has 0 amide bonds. The average molecular weight is 676 g/mol. The van der Waals surface area contributed by atoms with E-state index in [9.17, 15) is 0 Å². The first-order valence-electron chi connectivity index (χ1n) is 18.2. The van der Waals surface area contributed by atoms with Crippen LogP contribution < -0.4 is 5.73 Å². The summed E-state index contributed by atoms with van der Waals surface area (Å²) < 4.78 is 4.79. The van der Waals surface area contributed by atoms with Crippen molar-refractivity contribution >= 4 is 70.8 Å². The third kappa shape index (κ3) is 4.28. The maximum absolute atomic E-state index is 7.45. The van der Waals surface area contributed by atoms with E-state index in [4.69, 9.17) is 5.73 Å². The molecule has 11 rings (SSSR count). The molecule has 0 bridgehead atoms. The van der Waals surface area contributed by atoms with E-state index in [2.05, 4.69) is 197 Å². The average Bonchev–Trinajstić information content (AvgIpc) is 3.74. The van der Waals surface area contributed by atoms with Gasteiger partial charge in [0.15, 0.2) is 0 Å². The first-order chi connectivity index (χ1) is 26.3. The minimum atomic E-state index is 0.770. The van der Waals surface area contributed by atoms with Gasteiger partial charge >= 0.3 is 0 Å². The van der Waals surface area contributed by atoms with Gasteiger partial charge in [0.25, 0.3) is 0 Å². The maximum Gasteiger partial charge on any atom is 0.0553 e. The Bertz CT molecular complexity index is 3010. The fraction of sp³-hybridized carbons (Fsp3) is 0. The van der Waals surface area contributed by atoms with Crippen molar-refractivity contribution in [3.05, 3.63) is 188 Å². The largest absolute Gasteiger partial charge is 0.398 e. The smallest absolute Gasteiger partial charge is 0.0553 e. The molecule has 0 saturated heterocycles. The number of nitrogens with two attached hydrogens (primary N) is 1. The molecular formula is C50H33N3. The van der Waals surface area contributed by atoms with Crippen LogP contribution >= 0.6 is 0 Å². The lowest BCUT2D eigenvalue weighted by Gasteiger charge is -2.17. The van der Waals surface area contributed by atoms with Crippen molar-refractivity contribution in [2.24, 2.45) is 0 Å². The van der Waals surface area contributed by atoms with Gasteiger partial charge in [0.2, 0.25) is 0 Å². The molecule has 3 nitrogen and oxygen atoms in total. The number of hydrogen-bond acceptors (Lipinski definition) is 1. The van der Waals surface area contributed by atoms with Crippen LogP contribution in [0.4, 0.5) is 5.69 Å². The molecule has 2 N–H and O–H groups in total. The Labute approximate surface area is 306 Å². The fourth-order valence-corrected chi connectivity index (χ4v) is 8.85. The number of fused-ring (bicyclic) bond motifs is 10. The Morgan fingerprint density at radius 1 is 0.283 bits per heavy atom. The zero-order valence-electron chi connectivity index (χ0n) is 28.9. The highest BCUT2D eigenvalue weighted by molar-refractivity contribution is 6.26. The molecule has 3 heteroatoms. The van der Waals surface area contributed by atoms with Crippen LogP contribution in [0.2, 0.25) is 0 Å². The van der Waals surface area contributed by atoms with E-state index < -0.39 is 0 Å². The first-order valence-corrected chi connectivity index (χ1v) is 18.2. The van der Waals surface area contributed by atoms with Crippen LogP contribution in [0.5, 0.6) is 0 Å². The number of aromatic nitrogens is 2. The molecule has 0 fully saturated rings. The second-order valence-corrected chi connectivity index (χ2v) is 13.9. The normalized spacial score (nSPS) is 11.8. The summed E-state index contributed by atoms with van der Waals surface area (Å²) in [6.07, 6.45) is 0. The summed E-state index contributed by atoms with van der Waals surface area (Å²) in [4.78, 5) is 0. The highest BCUT2D eigenvalue weighted by Crippen LogP contribution is 2.47. The molecule has 0 aliphatic heterocycles. The Kier molecular flexibility index (Phi) is 6.40. The van der Waals surface area contributed by atoms with Gasteiger partial charge in [-0.3, -0.25) is 0 Å². The summed E-state index contributed by atoms with van der Waals surface area (Å²) in [6, 6.07) is 67.6. The highest BCUT2D eigenvalue weighted by atomic mass is 15.0. The van der Waals surface area contributed by atoms with Crippen molar-refractivity contribution in [2.45, 2.75) is 0 Å². The van der Waals surface area contributed by atoms with Gasteiger partial charge in [-0.1, -0.05) is 140 Å². The van der Waals surface area contributed by atoms with Crippen LogP contribution in [0, 0.1) is 0 Å². The van der Waals surface area contributed by atoms with E-state index in [1.807, 2.05) is 0 Å². The summed E-state index contributed by atoms with van der Waals surface area (Å²) >= 11 is 0. The zero-order valence-corrected chi connectivity index (χ0v) is 28.9. The molecule has 53 heavy (non-hydrogen) atoms. The third-order valence-electron chi connectivity index (χ3n) is 11.1. The van der Waals surface area contributed by atoms with Gasteiger partial charge < -0.3 is 14.9 Å². The van der Waals surface area contributed by atoms with Gasteiger partial charge in [0, 0.05) is 49.7 Å². The van der Waals surface area contributed by atoms with Gasteiger partial charge in [0.1, 0.15) is 0 Å². The van der Waals surface area contributed by atoms with E-state index in [-0.39, 0.29) is 0 Å². The fourth-order valence-electron chi connectivity index (χ4n) is 8.85. The van der Waals surface area contributed by atoms with Crippen molar-refractivity contribution in [3.8, 4) is 33.6 Å². The van der Waals surface area contributed by atoms with Crippen molar-refractivity contribution in [1.29, 1.82) is 0 Å². The molecule has 0 unspecified atom stereocenters. The Morgan fingerprint density at radius 3 is 1.08 bits per heavy atom. The van der Waals surface area contributed by atoms with Gasteiger partial charge in [-0.05, 0) is 81.2 Å². The Hall–Kier alpha value is -7.10. The van der Waals surface area contributed by atoms with Gasteiger partial charge in [-0.15, -0.1) is 0 Å². The van der Waals surface area contributed by atoms with Crippen LogP contribution in [0.3, 0.4) is 0 Å². The number of rotatable bonds is 4. The van der Waals surface area contributed by atoms with Crippen LogP contribution in [-0.2, 0) is 0 Å². The number of nitrogen functional groups attached to an aromatic ring is 1. The zero-order chi connectivity index (χ0) is 35.0. The van der Waals surface area contributed by atoms with E-state index in [1.165, 1.54) is 54.1 Å². The van der Waals surface area contributed by atoms with Crippen molar-refractivity contribution in [3.63, 3.8) is 0 Å². The Balaban J connectivity index is 1.23. The van der Waals surface area contributed by atoms with Crippen molar-refractivity contribution in [2.75, 3.05) is 5.73 Å². The number of hydrogen-bond donors (Lipinski definition) is 1. The van der Waals surface area contributed by atoms with E-state index >= 15 is 0 Å². The molecule has 9 aromatic carbocycles. The van der Waals surface area contributed by atoms with E-state index in [0.717, 1.165) is 50.3 Å². The lowest BCUT2D eigenvalue weighted by Crippen LogP contribution is -1.98. The molecular weight excluding hydrogens is 643 g/mol. The van der Waals surface area contributed by atoms with Crippen LogP contribution in [0.1, 0.15) is 0 Å². The van der Waals surface area contributed by atoms with Gasteiger partial charge in [0.05, 0.1) is 22.1 Å². The summed E-state index contributed by atoms with van der Waals surface area (Å²) in [7, 11) is 0. The standard InChI is InChI=1S/C50H33N3/c51-50-38(42-30-46-48(36-22-9-7-20-34(36)42)40-24-11-13-28-44(40)52(46)32-16-3-1-4-17-32)26-15-27-39(50)43-31-47-49(37-23-10-8-21-35(37)43)41-25-12-14-29-45(41)53(47)33-18-5-2-6-19-33/h1-31H,51H2. The molecule has 2 aromatic heterocycles. The number of anilines is 1. The summed E-state index contributed by atoms with van der Waals surface area (Å²) in [5, 5.41) is 9.79. The van der Waals surface area contributed by atoms with Gasteiger partial charge in [-0.2, -0.15) is 0 Å². The predicted octanol–water partition coefficient (Wildman–Crippen LogP) is 13.1. The monoisotopic (exact) mass is 675 g/mol. The molecule has 248 valence electrons. The molecule has 0 spiro atoms. The molecule has 2 heterocycles. The second-order valence-electron chi connectivity index (χ2n) is 13.9. The maximum atomic E-state index is 7.45.